The molecule has 2 fully saturated rings. The number of nitrogens with one attached hydrogen (secondary N) is 1. The molecule has 0 radical (unpaired) electrons. The van der Waals surface area contributed by atoms with E-state index in [4.69, 9.17) is 0 Å². The van der Waals surface area contributed by atoms with E-state index in [0.29, 0.717) is 0 Å². The fourth-order valence-electron chi connectivity index (χ4n) is 3.95. The molecule has 2 nitrogen and oxygen atoms in total. The SMILES string of the molecule is CCCCCC(CCCCC)N1C[C@H]2CCN[C@H]2C1. The average molecular weight is 266 g/mol. The van der Waals surface area contributed by atoms with Gasteiger partial charge in [0.1, 0.15) is 0 Å². The quantitative estimate of drug-likeness (QED) is 0.638. The zero-order chi connectivity index (χ0) is 13.5. The van der Waals surface area contributed by atoms with E-state index in [1.165, 1.54) is 77.4 Å². The van der Waals surface area contributed by atoms with Crippen molar-refractivity contribution < 1.29 is 0 Å². The van der Waals surface area contributed by atoms with Gasteiger partial charge in [0.15, 0.2) is 0 Å². The van der Waals surface area contributed by atoms with E-state index in [9.17, 15) is 0 Å². The largest absolute Gasteiger partial charge is 0.312 e. The van der Waals surface area contributed by atoms with Crippen LogP contribution in [0.3, 0.4) is 0 Å². The van der Waals surface area contributed by atoms with Crippen LogP contribution in [0.15, 0.2) is 0 Å². The summed E-state index contributed by atoms with van der Waals surface area (Å²) >= 11 is 0. The number of rotatable bonds is 9. The van der Waals surface area contributed by atoms with Crippen molar-refractivity contribution >= 4 is 0 Å². The van der Waals surface area contributed by atoms with E-state index >= 15 is 0 Å². The number of hydrogen-bond acceptors (Lipinski definition) is 2. The van der Waals surface area contributed by atoms with Crippen LogP contribution in [0.25, 0.3) is 0 Å². The van der Waals surface area contributed by atoms with Crippen LogP contribution in [0.1, 0.15) is 71.6 Å². The third kappa shape index (κ3) is 4.46. The highest BCUT2D eigenvalue weighted by Crippen LogP contribution is 2.29. The van der Waals surface area contributed by atoms with Gasteiger partial charge in [0, 0.05) is 25.2 Å². The molecule has 0 aromatic heterocycles. The number of unbranched alkanes of at least 4 members (excludes halogenated alkanes) is 4. The second-order valence-corrected chi connectivity index (χ2v) is 6.71. The molecule has 0 aromatic rings. The smallest absolute Gasteiger partial charge is 0.0236 e. The molecule has 0 aromatic carbocycles. The lowest BCUT2D eigenvalue weighted by Gasteiger charge is -2.29. The lowest BCUT2D eigenvalue weighted by atomic mass is 10.0. The van der Waals surface area contributed by atoms with Crippen LogP contribution in [-0.2, 0) is 0 Å². The molecule has 0 bridgehead atoms. The van der Waals surface area contributed by atoms with Gasteiger partial charge in [-0.3, -0.25) is 4.90 Å². The van der Waals surface area contributed by atoms with E-state index < -0.39 is 0 Å². The summed E-state index contributed by atoms with van der Waals surface area (Å²) in [5, 5.41) is 3.70. The highest BCUT2D eigenvalue weighted by Gasteiger charge is 2.38. The van der Waals surface area contributed by atoms with E-state index in [0.717, 1.165) is 18.0 Å². The monoisotopic (exact) mass is 266 g/mol. The topological polar surface area (TPSA) is 15.3 Å². The van der Waals surface area contributed by atoms with Crippen molar-refractivity contribution in [3.05, 3.63) is 0 Å². The molecular formula is C17H34N2. The van der Waals surface area contributed by atoms with Crippen molar-refractivity contribution in [1.29, 1.82) is 0 Å². The summed E-state index contributed by atoms with van der Waals surface area (Å²) < 4.78 is 0. The van der Waals surface area contributed by atoms with Gasteiger partial charge in [-0.1, -0.05) is 52.4 Å². The fraction of sp³-hybridized carbons (Fsp3) is 1.00. The molecule has 2 rings (SSSR count). The first kappa shape index (κ1) is 15.3. The molecule has 2 aliphatic heterocycles. The maximum Gasteiger partial charge on any atom is 0.0236 e. The second-order valence-electron chi connectivity index (χ2n) is 6.71. The Morgan fingerprint density at radius 1 is 1.00 bits per heavy atom. The van der Waals surface area contributed by atoms with Gasteiger partial charge in [0.2, 0.25) is 0 Å². The standard InChI is InChI=1S/C17H34N2/c1-3-5-7-9-16(10-8-6-4-2)19-13-15-11-12-18-17(15)14-19/h15-18H,3-14H2,1-2H3/t15-,17+/m1/s1. The molecule has 112 valence electrons. The number of nitrogens with zero attached hydrogens (tertiary/aromatic N) is 1. The van der Waals surface area contributed by atoms with Crippen molar-refractivity contribution in [2.24, 2.45) is 5.92 Å². The summed E-state index contributed by atoms with van der Waals surface area (Å²) in [7, 11) is 0. The maximum absolute atomic E-state index is 3.70. The van der Waals surface area contributed by atoms with Gasteiger partial charge in [-0.15, -0.1) is 0 Å². The average Bonchev–Trinajstić information content (AvgIpc) is 2.98. The normalized spacial score (nSPS) is 27.3. The molecule has 2 aliphatic rings. The first-order valence-corrected chi connectivity index (χ1v) is 8.82. The van der Waals surface area contributed by atoms with Crippen LogP contribution in [0.4, 0.5) is 0 Å². The van der Waals surface area contributed by atoms with Crippen LogP contribution in [0.2, 0.25) is 0 Å². The van der Waals surface area contributed by atoms with Crippen molar-refractivity contribution in [2.45, 2.75) is 83.7 Å². The van der Waals surface area contributed by atoms with Crippen LogP contribution in [0, 0.1) is 5.92 Å². The lowest BCUT2D eigenvalue weighted by molar-refractivity contribution is 0.197. The molecule has 2 heteroatoms. The van der Waals surface area contributed by atoms with E-state index in [1.54, 1.807) is 0 Å². The zero-order valence-electron chi connectivity index (χ0n) is 13.2. The summed E-state index contributed by atoms with van der Waals surface area (Å²) in [5.41, 5.74) is 0. The molecular weight excluding hydrogens is 232 g/mol. The highest BCUT2D eigenvalue weighted by atomic mass is 15.2. The van der Waals surface area contributed by atoms with Crippen LogP contribution in [0.5, 0.6) is 0 Å². The predicted octanol–water partition coefficient (Wildman–Crippen LogP) is 3.81. The Balaban J connectivity index is 1.78. The maximum atomic E-state index is 3.70. The molecule has 0 saturated carbocycles. The van der Waals surface area contributed by atoms with Gasteiger partial charge in [0.05, 0.1) is 0 Å². The summed E-state index contributed by atoms with van der Waals surface area (Å²) in [6, 6.07) is 1.70. The molecule has 1 N–H and O–H groups in total. The van der Waals surface area contributed by atoms with E-state index in [2.05, 4.69) is 24.1 Å². The fourth-order valence-corrected chi connectivity index (χ4v) is 3.95. The van der Waals surface area contributed by atoms with E-state index in [-0.39, 0.29) is 0 Å². The summed E-state index contributed by atoms with van der Waals surface area (Å²) in [6.45, 7) is 8.60. The number of likely N-dealkylation sites (tertiary alicyclic amines) is 1. The summed E-state index contributed by atoms with van der Waals surface area (Å²) in [6.07, 6.45) is 12.7. The Morgan fingerprint density at radius 3 is 2.26 bits per heavy atom. The Bertz CT molecular complexity index is 219. The first-order chi connectivity index (χ1) is 9.35. The minimum absolute atomic E-state index is 0.819. The molecule has 2 saturated heterocycles. The molecule has 2 heterocycles. The van der Waals surface area contributed by atoms with Crippen molar-refractivity contribution in [1.82, 2.24) is 10.2 Å². The third-order valence-electron chi connectivity index (χ3n) is 5.19. The third-order valence-corrected chi connectivity index (χ3v) is 5.19. The van der Waals surface area contributed by atoms with Gasteiger partial charge in [-0.2, -0.15) is 0 Å². The lowest BCUT2D eigenvalue weighted by Crippen LogP contribution is -2.37. The molecule has 0 unspecified atom stereocenters. The highest BCUT2D eigenvalue weighted by molar-refractivity contribution is 4.95. The first-order valence-electron chi connectivity index (χ1n) is 8.82. The molecule has 0 aliphatic carbocycles. The van der Waals surface area contributed by atoms with E-state index in [1.807, 2.05) is 0 Å². The van der Waals surface area contributed by atoms with Crippen molar-refractivity contribution in [3.8, 4) is 0 Å². The second kappa shape index (κ2) is 8.26. The minimum atomic E-state index is 0.819. The number of hydrogen-bond donors (Lipinski definition) is 1. The molecule has 19 heavy (non-hydrogen) atoms. The zero-order valence-corrected chi connectivity index (χ0v) is 13.2. The van der Waals surface area contributed by atoms with Crippen LogP contribution < -0.4 is 5.32 Å². The summed E-state index contributed by atoms with van der Waals surface area (Å²) in [4.78, 5) is 2.83. The Hall–Kier alpha value is -0.0800. The van der Waals surface area contributed by atoms with Crippen LogP contribution >= 0.6 is 0 Å². The summed E-state index contributed by atoms with van der Waals surface area (Å²) in [5.74, 6) is 0.958. The number of fused-ring (bicyclic) bond motifs is 1. The van der Waals surface area contributed by atoms with Gasteiger partial charge >= 0.3 is 0 Å². The van der Waals surface area contributed by atoms with Gasteiger partial charge in [0.25, 0.3) is 0 Å². The van der Waals surface area contributed by atoms with Crippen LogP contribution in [-0.4, -0.2) is 36.6 Å². The minimum Gasteiger partial charge on any atom is -0.312 e. The molecule has 0 amide bonds. The molecule has 0 spiro atoms. The van der Waals surface area contributed by atoms with Crippen molar-refractivity contribution in [2.75, 3.05) is 19.6 Å². The Morgan fingerprint density at radius 2 is 1.68 bits per heavy atom. The molecule has 2 atom stereocenters. The Kier molecular flexibility index (Phi) is 6.66. The van der Waals surface area contributed by atoms with Gasteiger partial charge in [-0.05, 0) is 31.7 Å². The van der Waals surface area contributed by atoms with Crippen molar-refractivity contribution in [3.63, 3.8) is 0 Å². The Labute approximate surface area is 120 Å². The van der Waals surface area contributed by atoms with Gasteiger partial charge in [-0.25, -0.2) is 0 Å². The van der Waals surface area contributed by atoms with Gasteiger partial charge < -0.3 is 5.32 Å². The predicted molar refractivity (Wildman–Crippen MR) is 83.5 cm³/mol.